The lowest BCUT2D eigenvalue weighted by Gasteiger charge is -2.30. The molecule has 11 heteroatoms. The van der Waals surface area contributed by atoms with Gasteiger partial charge in [0.1, 0.15) is 23.6 Å². The van der Waals surface area contributed by atoms with Gasteiger partial charge in [0.15, 0.2) is 11.6 Å². The van der Waals surface area contributed by atoms with Gasteiger partial charge >= 0.3 is 0 Å². The van der Waals surface area contributed by atoms with Crippen molar-refractivity contribution < 1.29 is 18.3 Å². The van der Waals surface area contributed by atoms with Crippen LogP contribution in [0.25, 0.3) is 22.4 Å². The van der Waals surface area contributed by atoms with Crippen molar-refractivity contribution in [2.45, 2.75) is 89.3 Å². The van der Waals surface area contributed by atoms with Gasteiger partial charge in [0.25, 0.3) is 0 Å². The number of H-pyrrole nitrogens is 1. The summed E-state index contributed by atoms with van der Waals surface area (Å²) >= 11 is 0. The lowest BCUT2D eigenvalue weighted by atomic mass is 9.75. The third kappa shape index (κ3) is 5.87. The second-order valence-corrected chi connectivity index (χ2v) is 14.5. The van der Waals surface area contributed by atoms with Crippen molar-refractivity contribution in [2.24, 2.45) is 0 Å². The second-order valence-electron chi connectivity index (χ2n) is 14.5. The Kier molecular flexibility index (Phi) is 8.25. The summed E-state index contributed by atoms with van der Waals surface area (Å²) in [7, 11) is 0. The Balaban J connectivity index is 1.26. The van der Waals surface area contributed by atoms with E-state index < -0.39 is 17.0 Å². The number of ether oxygens (including phenoxy) is 2. The monoisotopic (exact) mass is 677 g/mol. The summed E-state index contributed by atoms with van der Waals surface area (Å²) < 4.78 is 47.9. The van der Waals surface area contributed by atoms with Crippen LogP contribution in [0.15, 0.2) is 73.3 Å². The van der Waals surface area contributed by atoms with Gasteiger partial charge in [0, 0.05) is 47.2 Å². The Morgan fingerprint density at radius 1 is 0.920 bits per heavy atom. The average molecular weight is 678 g/mol. The highest BCUT2D eigenvalue weighted by molar-refractivity contribution is 5.82. The molecule has 1 fully saturated rings. The zero-order valence-corrected chi connectivity index (χ0v) is 28.6. The Morgan fingerprint density at radius 2 is 1.76 bits per heavy atom. The van der Waals surface area contributed by atoms with E-state index in [0.717, 1.165) is 61.9 Å². The van der Waals surface area contributed by atoms with Crippen molar-refractivity contribution in [1.82, 2.24) is 34.5 Å². The molecule has 3 aromatic heterocycles. The fraction of sp³-hybridized carbons (Fsp3) is 0.385. The average Bonchev–Trinajstić information content (AvgIpc) is 3.90. The fourth-order valence-corrected chi connectivity index (χ4v) is 7.48. The molecule has 2 aliphatic heterocycles. The summed E-state index contributed by atoms with van der Waals surface area (Å²) in [5.41, 5.74) is 4.18. The van der Waals surface area contributed by atoms with E-state index in [2.05, 4.69) is 53.2 Å². The highest BCUT2D eigenvalue weighted by atomic mass is 19.1. The summed E-state index contributed by atoms with van der Waals surface area (Å²) in [6.07, 6.45) is 11.7. The molecular formula is C39H41F2N7O2. The number of fused-ring (bicyclic) bond motifs is 10. The van der Waals surface area contributed by atoms with Crippen LogP contribution in [0.3, 0.4) is 0 Å². The SMILES string of the molecule is CC1(C)CCCCC(C)(c2ccccc2)c2cnc([nH]2)-c2cc(ccc2F)Oc2c(F)cc3c(ncn3C3CCCCO3)c2Cn2cc1nn2. The second kappa shape index (κ2) is 12.8. The summed E-state index contributed by atoms with van der Waals surface area (Å²) in [5.74, 6) is -0.401. The van der Waals surface area contributed by atoms with Gasteiger partial charge in [-0.3, -0.25) is 0 Å². The maximum absolute atomic E-state index is 16.3. The predicted octanol–water partition coefficient (Wildman–Crippen LogP) is 8.99. The summed E-state index contributed by atoms with van der Waals surface area (Å²) in [6.45, 7) is 7.39. The first-order valence-electron chi connectivity index (χ1n) is 17.5. The van der Waals surface area contributed by atoms with E-state index in [1.807, 2.05) is 29.0 Å². The van der Waals surface area contributed by atoms with Crippen LogP contribution in [0.5, 0.6) is 11.5 Å². The molecule has 258 valence electrons. The van der Waals surface area contributed by atoms with Crippen LogP contribution in [0.2, 0.25) is 0 Å². The number of rotatable bonds is 2. The first-order chi connectivity index (χ1) is 24.2. The number of benzene rings is 3. The van der Waals surface area contributed by atoms with Crippen LogP contribution in [-0.4, -0.2) is 41.1 Å². The highest BCUT2D eigenvalue weighted by Crippen LogP contribution is 2.41. The molecule has 6 bridgehead atoms. The van der Waals surface area contributed by atoms with E-state index in [4.69, 9.17) is 14.5 Å². The first kappa shape index (κ1) is 32.3. The molecule has 0 amide bonds. The minimum absolute atomic E-state index is 0.00381. The molecule has 0 saturated carbocycles. The van der Waals surface area contributed by atoms with Crippen LogP contribution in [0.1, 0.15) is 94.5 Å². The van der Waals surface area contributed by atoms with Crippen molar-refractivity contribution in [2.75, 3.05) is 6.61 Å². The normalized spacial score (nSPS) is 21.1. The van der Waals surface area contributed by atoms with Gasteiger partial charge in [-0.2, -0.15) is 0 Å². The molecule has 0 spiro atoms. The number of nitrogens with zero attached hydrogens (tertiary/aromatic N) is 6. The van der Waals surface area contributed by atoms with Gasteiger partial charge in [-0.25, -0.2) is 23.4 Å². The Bertz CT molecular complexity index is 2150. The number of aromatic amines is 1. The zero-order valence-electron chi connectivity index (χ0n) is 28.6. The molecule has 3 aromatic carbocycles. The molecule has 6 aromatic rings. The molecule has 0 aliphatic carbocycles. The molecule has 2 aliphatic rings. The highest BCUT2D eigenvalue weighted by Gasteiger charge is 2.32. The van der Waals surface area contributed by atoms with Crippen LogP contribution < -0.4 is 4.74 Å². The van der Waals surface area contributed by atoms with Crippen LogP contribution in [-0.2, 0) is 22.1 Å². The Morgan fingerprint density at radius 3 is 2.58 bits per heavy atom. The number of hydrogen-bond donors (Lipinski definition) is 1. The smallest absolute Gasteiger partial charge is 0.170 e. The molecule has 8 rings (SSSR count). The van der Waals surface area contributed by atoms with E-state index in [9.17, 15) is 0 Å². The summed E-state index contributed by atoms with van der Waals surface area (Å²) in [6, 6.07) is 16.2. The molecule has 5 heterocycles. The summed E-state index contributed by atoms with van der Waals surface area (Å²) in [5, 5.41) is 9.08. The van der Waals surface area contributed by atoms with Gasteiger partial charge in [0.05, 0.1) is 35.2 Å². The number of hydrogen-bond acceptors (Lipinski definition) is 6. The lowest BCUT2D eigenvalue weighted by Crippen LogP contribution is -2.25. The molecule has 9 nitrogen and oxygen atoms in total. The quantitative estimate of drug-likeness (QED) is 0.197. The third-order valence-electron chi connectivity index (χ3n) is 10.6. The van der Waals surface area contributed by atoms with Crippen molar-refractivity contribution in [3.8, 4) is 22.9 Å². The minimum Gasteiger partial charge on any atom is -0.454 e. The molecular weight excluding hydrogens is 636 g/mol. The molecule has 1 N–H and O–H groups in total. The first-order valence-corrected chi connectivity index (χ1v) is 17.5. The van der Waals surface area contributed by atoms with Crippen molar-refractivity contribution in [3.63, 3.8) is 0 Å². The van der Waals surface area contributed by atoms with Gasteiger partial charge in [-0.15, -0.1) is 5.10 Å². The number of imidazole rings is 2. The fourth-order valence-electron chi connectivity index (χ4n) is 7.48. The third-order valence-corrected chi connectivity index (χ3v) is 10.6. The predicted molar refractivity (Wildman–Crippen MR) is 186 cm³/mol. The van der Waals surface area contributed by atoms with E-state index >= 15 is 8.78 Å². The van der Waals surface area contributed by atoms with Gasteiger partial charge in [-0.05, 0) is 62.8 Å². The zero-order chi connectivity index (χ0) is 34.5. The number of nitrogens with one attached hydrogen (secondary N) is 1. The van der Waals surface area contributed by atoms with Crippen molar-refractivity contribution in [1.29, 1.82) is 0 Å². The maximum atomic E-state index is 16.3. The van der Waals surface area contributed by atoms with Crippen molar-refractivity contribution in [3.05, 3.63) is 107 Å². The molecule has 2 atom stereocenters. The van der Waals surface area contributed by atoms with Gasteiger partial charge in [0.2, 0.25) is 0 Å². The number of aromatic nitrogens is 7. The van der Waals surface area contributed by atoms with Crippen LogP contribution in [0.4, 0.5) is 8.78 Å². The largest absolute Gasteiger partial charge is 0.454 e. The molecule has 1 saturated heterocycles. The topological polar surface area (TPSA) is 95.7 Å². The number of halogens is 2. The van der Waals surface area contributed by atoms with E-state index in [1.165, 1.54) is 18.2 Å². The molecule has 50 heavy (non-hydrogen) atoms. The molecule has 0 radical (unpaired) electrons. The van der Waals surface area contributed by atoms with Gasteiger partial charge in [-0.1, -0.05) is 62.2 Å². The van der Waals surface area contributed by atoms with E-state index in [-0.39, 0.29) is 35.3 Å². The van der Waals surface area contributed by atoms with Gasteiger partial charge < -0.3 is 19.0 Å². The van der Waals surface area contributed by atoms with Crippen LogP contribution in [0, 0.1) is 11.6 Å². The van der Waals surface area contributed by atoms with E-state index in [1.54, 1.807) is 23.3 Å². The van der Waals surface area contributed by atoms with Crippen LogP contribution >= 0.6 is 0 Å². The minimum atomic E-state index is -0.568. The van der Waals surface area contributed by atoms with Crippen molar-refractivity contribution >= 4 is 11.0 Å². The Hall–Kier alpha value is -4.90. The standard InChI is InChI=1S/C39H41F2N7O2/c1-38(2)16-8-9-17-39(3,25-11-5-4-6-12-25)32-21-42-37(44-32)27-19-26(14-15-29(27)40)50-36-28(22-47-23-33(38)45-46-47)35-31(20-30(36)41)48(24-43-35)34-13-7-10-18-49-34/h4-6,11-12,14-15,19-21,23-24,34H,7-10,13,16-18,22H2,1-3H3,(H,42,44). The molecule has 2 unspecified atom stereocenters. The Labute approximate surface area is 289 Å². The maximum Gasteiger partial charge on any atom is 0.170 e. The summed E-state index contributed by atoms with van der Waals surface area (Å²) in [4.78, 5) is 12.9. The van der Waals surface area contributed by atoms with E-state index in [0.29, 0.717) is 29.0 Å². The lowest BCUT2D eigenvalue weighted by molar-refractivity contribution is -0.0295.